The van der Waals surface area contributed by atoms with Crippen LogP contribution in [-0.4, -0.2) is 39.8 Å². The van der Waals surface area contributed by atoms with Crippen LogP contribution in [0.25, 0.3) is 15.9 Å². The van der Waals surface area contributed by atoms with E-state index in [0.717, 1.165) is 60.1 Å². The SMILES string of the molecule is Cc1nnn(C23C[C@@H]4C[C@@H](CC(c5nc6c7c8c(sc7ncn6n5)C[C@H](C(C)(C)C)CC8)(C4)C2)C3)n1. The number of rotatable bonds is 2. The summed E-state index contributed by atoms with van der Waals surface area (Å²) in [7, 11) is 0. The average molecular weight is 503 g/mol. The maximum absolute atomic E-state index is 5.36. The van der Waals surface area contributed by atoms with Gasteiger partial charge < -0.3 is 0 Å². The van der Waals surface area contributed by atoms with Crippen molar-refractivity contribution < 1.29 is 0 Å². The normalized spacial score (nSPS) is 33.6. The Morgan fingerprint density at radius 1 is 1.08 bits per heavy atom. The van der Waals surface area contributed by atoms with Gasteiger partial charge in [-0.05, 0) is 98.7 Å². The fourth-order valence-electron chi connectivity index (χ4n) is 8.73. The summed E-state index contributed by atoms with van der Waals surface area (Å²) in [6, 6.07) is 0. The van der Waals surface area contributed by atoms with Crippen LogP contribution in [0.1, 0.15) is 87.8 Å². The van der Waals surface area contributed by atoms with Gasteiger partial charge in [0.05, 0.1) is 10.9 Å². The van der Waals surface area contributed by atoms with E-state index < -0.39 is 0 Å². The molecule has 0 N–H and O–H groups in total. The summed E-state index contributed by atoms with van der Waals surface area (Å²) in [4.78, 5) is 14.8. The topological polar surface area (TPSA) is 86.7 Å². The first-order valence-electron chi connectivity index (χ1n) is 13.6. The molecular formula is C27H34N8S. The molecule has 0 spiro atoms. The predicted octanol–water partition coefficient (Wildman–Crippen LogP) is 5.03. The second kappa shape index (κ2) is 6.91. The van der Waals surface area contributed by atoms with Crippen LogP contribution in [0.15, 0.2) is 6.33 Å². The third-order valence-corrected chi connectivity index (χ3v) is 11.2. The summed E-state index contributed by atoms with van der Waals surface area (Å²) in [5.74, 6) is 3.88. The molecule has 4 bridgehead atoms. The van der Waals surface area contributed by atoms with Gasteiger partial charge >= 0.3 is 0 Å². The molecule has 8 nitrogen and oxygen atoms in total. The van der Waals surface area contributed by atoms with Crippen LogP contribution in [-0.2, 0) is 23.8 Å². The van der Waals surface area contributed by atoms with Crippen molar-refractivity contribution in [2.24, 2.45) is 23.2 Å². The van der Waals surface area contributed by atoms with E-state index in [4.69, 9.17) is 20.2 Å². The van der Waals surface area contributed by atoms with E-state index in [0.29, 0.717) is 17.3 Å². The Labute approximate surface area is 214 Å². The number of aryl methyl sites for hydroxylation is 2. The monoisotopic (exact) mass is 502 g/mol. The summed E-state index contributed by atoms with van der Waals surface area (Å²) in [5.41, 5.74) is 2.79. The lowest BCUT2D eigenvalue weighted by Crippen LogP contribution is -2.59. The molecule has 0 saturated heterocycles. The lowest BCUT2D eigenvalue weighted by Gasteiger charge is -2.60. The molecular weight excluding hydrogens is 468 g/mol. The van der Waals surface area contributed by atoms with Crippen molar-refractivity contribution in [3.63, 3.8) is 0 Å². The zero-order valence-electron chi connectivity index (χ0n) is 21.7. The summed E-state index contributed by atoms with van der Waals surface area (Å²) >= 11 is 1.88. The van der Waals surface area contributed by atoms with Gasteiger partial charge in [0.2, 0.25) is 0 Å². The van der Waals surface area contributed by atoms with Crippen LogP contribution in [0.5, 0.6) is 0 Å². The number of fused-ring (bicyclic) bond motifs is 5. The van der Waals surface area contributed by atoms with Crippen LogP contribution in [0.2, 0.25) is 0 Å². The second-order valence-electron chi connectivity index (χ2n) is 13.5. The highest BCUT2D eigenvalue weighted by molar-refractivity contribution is 7.19. The Balaban J connectivity index is 1.24. The van der Waals surface area contributed by atoms with Crippen LogP contribution < -0.4 is 0 Å². The number of aromatic nitrogens is 8. The first kappa shape index (κ1) is 21.6. The minimum absolute atomic E-state index is 0.00260. The van der Waals surface area contributed by atoms with E-state index >= 15 is 0 Å². The molecule has 0 amide bonds. The Morgan fingerprint density at radius 2 is 1.89 bits per heavy atom. The predicted molar refractivity (Wildman–Crippen MR) is 138 cm³/mol. The smallest absolute Gasteiger partial charge is 0.171 e. The lowest BCUT2D eigenvalue weighted by atomic mass is 9.46. The minimum atomic E-state index is -0.0418. The van der Waals surface area contributed by atoms with Crippen LogP contribution >= 0.6 is 11.3 Å². The molecule has 0 aromatic carbocycles. The maximum Gasteiger partial charge on any atom is 0.171 e. The Hall–Kier alpha value is -2.42. The van der Waals surface area contributed by atoms with Crippen molar-refractivity contribution in [3.8, 4) is 0 Å². The van der Waals surface area contributed by atoms with Crippen molar-refractivity contribution in [3.05, 3.63) is 28.4 Å². The highest BCUT2D eigenvalue weighted by Gasteiger charge is 2.61. The summed E-state index contributed by atoms with van der Waals surface area (Å²) in [5, 5.41) is 19.9. The van der Waals surface area contributed by atoms with Gasteiger partial charge in [-0.15, -0.1) is 26.6 Å². The van der Waals surface area contributed by atoms with Crippen molar-refractivity contribution in [2.75, 3.05) is 0 Å². The molecule has 2 unspecified atom stereocenters. The summed E-state index contributed by atoms with van der Waals surface area (Å²) < 4.78 is 1.98. The largest absolute Gasteiger partial charge is 0.225 e. The molecule has 188 valence electrons. The van der Waals surface area contributed by atoms with Gasteiger partial charge in [-0.1, -0.05) is 20.8 Å². The Morgan fingerprint density at radius 3 is 2.61 bits per heavy atom. The fraction of sp³-hybridized carbons (Fsp3) is 0.704. The molecule has 4 fully saturated rings. The van der Waals surface area contributed by atoms with Gasteiger partial charge in [-0.3, -0.25) is 0 Å². The number of thiophene rings is 1. The molecule has 4 aromatic heterocycles. The van der Waals surface area contributed by atoms with Gasteiger partial charge in [-0.25, -0.2) is 14.5 Å². The number of tetrazole rings is 1. The lowest BCUT2D eigenvalue weighted by molar-refractivity contribution is -0.0785. The van der Waals surface area contributed by atoms with E-state index in [-0.39, 0.29) is 11.0 Å². The molecule has 5 aliphatic carbocycles. The number of hydrogen-bond acceptors (Lipinski definition) is 7. The number of nitrogens with zero attached hydrogens (tertiary/aromatic N) is 8. The highest BCUT2D eigenvalue weighted by Crippen LogP contribution is 2.64. The van der Waals surface area contributed by atoms with E-state index in [1.54, 1.807) is 0 Å². The van der Waals surface area contributed by atoms with Crippen LogP contribution in [0.4, 0.5) is 0 Å². The van der Waals surface area contributed by atoms with Crippen molar-refractivity contribution in [1.29, 1.82) is 0 Å². The average Bonchev–Trinajstić information content (AvgIpc) is 3.53. The van der Waals surface area contributed by atoms with E-state index in [1.165, 1.54) is 41.5 Å². The third kappa shape index (κ3) is 2.92. The Bertz CT molecular complexity index is 1510. The standard InChI is InChI=1S/C27H34N8S/c1-15-30-33-35(31-15)27-11-16-7-17(12-27)10-26(9-16,13-27)24-29-22-21-19-6-5-18(25(2,3)4)8-20(19)36-23(21)28-14-34(22)32-24/h14,16-18H,5-13H2,1-4H3/t16-,17+,18-,26?,27?/m1/s1. The Kier molecular flexibility index (Phi) is 4.15. The van der Waals surface area contributed by atoms with E-state index in [9.17, 15) is 0 Å². The van der Waals surface area contributed by atoms with Gasteiger partial charge in [0, 0.05) is 10.3 Å². The zero-order chi connectivity index (χ0) is 24.4. The summed E-state index contributed by atoms with van der Waals surface area (Å²) in [6.07, 6.45) is 12.4. The van der Waals surface area contributed by atoms with Crippen LogP contribution in [0.3, 0.4) is 0 Å². The maximum atomic E-state index is 5.36. The van der Waals surface area contributed by atoms with Crippen molar-refractivity contribution in [1.82, 2.24) is 39.8 Å². The third-order valence-electron chi connectivity index (χ3n) is 10.1. The minimum Gasteiger partial charge on any atom is -0.225 e. The molecule has 0 aliphatic heterocycles. The molecule has 36 heavy (non-hydrogen) atoms. The van der Waals surface area contributed by atoms with Gasteiger partial charge in [0.25, 0.3) is 0 Å². The first-order chi connectivity index (χ1) is 17.2. The summed E-state index contributed by atoms with van der Waals surface area (Å²) in [6.45, 7) is 9.08. The quantitative estimate of drug-likeness (QED) is 0.382. The molecule has 9 rings (SSSR count). The number of hydrogen-bond donors (Lipinski definition) is 0. The van der Waals surface area contributed by atoms with E-state index in [1.807, 2.05) is 33.9 Å². The zero-order valence-corrected chi connectivity index (χ0v) is 22.5. The molecule has 4 saturated carbocycles. The van der Waals surface area contributed by atoms with Gasteiger partial charge in [-0.2, -0.15) is 4.80 Å². The molecule has 9 heteroatoms. The van der Waals surface area contributed by atoms with Crippen molar-refractivity contribution >= 4 is 27.2 Å². The second-order valence-corrected chi connectivity index (χ2v) is 14.6. The fourth-order valence-corrected chi connectivity index (χ4v) is 9.99. The molecule has 5 aliphatic rings. The molecule has 4 aromatic rings. The molecule has 5 atom stereocenters. The van der Waals surface area contributed by atoms with Crippen molar-refractivity contribution in [2.45, 2.75) is 96.4 Å². The van der Waals surface area contributed by atoms with E-state index in [2.05, 4.69) is 31.1 Å². The highest BCUT2D eigenvalue weighted by atomic mass is 32.1. The molecule has 0 radical (unpaired) electrons. The van der Waals surface area contributed by atoms with Gasteiger partial charge in [0.15, 0.2) is 17.3 Å². The molecule has 4 heterocycles. The van der Waals surface area contributed by atoms with Gasteiger partial charge in [0.1, 0.15) is 11.2 Å². The first-order valence-corrected chi connectivity index (χ1v) is 14.5. The van der Waals surface area contributed by atoms with Crippen LogP contribution in [0, 0.1) is 30.1 Å².